The molecule has 2 aliphatic rings. The van der Waals surface area contributed by atoms with E-state index >= 15 is 0 Å². The average Bonchev–Trinajstić information content (AvgIpc) is 3.50. The van der Waals surface area contributed by atoms with Gasteiger partial charge in [0.15, 0.2) is 17.3 Å². The fourth-order valence-corrected chi connectivity index (χ4v) is 6.36. The first kappa shape index (κ1) is 21.0. The highest BCUT2D eigenvalue weighted by atomic mass is 32.1. The topological polar surface area (TPSA) is 55.7 Å². The summed E-state index contributed by atoms with van der Waals surface area (Å²) in [6.45, 7) is 3.43. The van der Waals surface area contributed by atoms with Gasteiger partial charge < -0.3 is 19.3 Å². The van der Waals surface area contributed by atoms with Crippen LogP contribution in [0.15, 0.2) is 54.9 Å². The van der Waals surface area contributed by atoms with Gasteiger partial charge in [0.05, 0.1) is 24.8 Å². The number of thiophene rings is 1. The number of methoxy groups -OCH3 is 2. The lowest BCUT2D eigenvalue weighted by molar-refractivity contribution is 0.354. The fraction of sp³-hybridized carbons (Fsp3) is 0.308. The Hall–Kier alpha value is -3.52. The van der Waals surface area contributed by atoms with Crippen molar-refractivity contribution in [2.45, 2.75) is 32.6 Å². The van der Waals surface area contributed by atoms with Gasteiger partial charge in [0.25, 0.3) is 0 Å². The molecule has 174 valence electrons. The zero-order valence-corrected chi connectivity index (χ0v) is 20.2. The third-order valence-corrected chi connectivity index (χ3v) is 7.93. The van der Waals surface area contributed by atoms with Gasteiger partial charge in [-0.3, -0.25) is 0 Å². The molecule has 0 atom stereocenters. The Kier molecular flexibility index (Phi) is 5.37. The highest BCUT2D eigenvalue weighted by molar-refractivity contribution is 7.21. The van der Waals surface area contributed by atoms with Crippen LogP contribution in [0.25, 0.3) is 11.4 Å². The fourth-order valence-electron chi connectivity index (χ4n) is 4.99. The maximum atomic E-state index is 5.54. The monoisotopic (exact) mass is 473 g/mol. The second-order valence-corrected chi connectivity index (χ2v) is 9.67. The predicted molar refractivity (Wildman–Crippen MR) is 135 cm³/mol. The zero-order chi connectivity index (χ0) is 23.1. The lowest BCUT2D eigenvalue weighted by atomic mass is 10.0. The van der Waals surface area contributed by atoms with Crippen molar-refractivity contribution in [2.75, 3.05) is 30.6 Å². The highest BCUT2D eigenvalue weighted by Gasteiger charge is 2.34. The minimum Gasteiger partial charge on any atom is -0.493 e. The number of hydrogen-bond donors (Lipinski definition) is 0. The van der Waals surface area contributed by atoms with E-state index in [9.17, 15) is 0 Å². The first-order chi connectivity index (χ1) is 16.7. The molecule has 0 fully saturated rings. The predicted octanol–water partition coefficient (Wildman–Crippen LogP) is 4.95. The standard InChI is InChI=1S/C26H27N5O2S/c1-32-21-11-10-19(13-22(21)33-2)15-30-17-31-24(27-16-28-31)23-20-9-6-12-29(25(20)34-26(23)30)14-18-7-4-3-5-8-18/h3-5,7-8,10-11,13,16H,6,9,12,14-15,17H2,1-2H3. The van der Waals surface area contributed by atoms with Gasteiger partial charge in [-0.25, -0.2) is 9.67 Å². The van der Waals surface area contributed by atoms with E-state index in [1.807, 2.05) is 22.1 Å². The Morgan fingerprint density at radius 2 is 1.74 bits per heavy atom. The molecule has 0 saturated heterocycles. The summed E-state index contributed by atoms with van der Waals surface area (Å²) in [7, 11) is 3.34. The zero-order valence-electron chi connectivity index (χ0n) is 19.4. The summed E-state index contributed by atoms with van der Waals surface area (Å²) in [6.07, 6.45) is 3.89. The Bertz CT molecular complexity index is 1320. The van der Waals surface area contributed by atoms with Crippen LogP contribution in [0.2, 0.25) is 0 Å². The third-order valence-electron chi connectivity index (χ3n) is 6.58. The first-order valence-corrected chi connectivity index (χ1v) is 12.4. The number of ether oxygens (including phenoxy) is 2. The molecule has 0 saturated carbocycles. The summed E-state index contributed by atoms with van der Waals surface area (Å²) >= 11 is 1.89. The SMILES string of the molecule is COc1ccc(CN2Cn3ncnc3-c3c2sc2c3CCCN2Cc2ccccc2)cc1OC. The van der Waals surface area contributed by atoms with Crippen molar-refractivity contribution in [1.29, 1.82) is 0 Å². The van der Waals surface area contributed by atoms with Gasteiger partial charge in [-0.2, -0.15) is 5.10 Å². The van der Waals surface area contributed by atoms with Crippen molar-refractivity contribution in [3.05, 3.63) is 71.5 Å². The number of anilines is 2. The van der Waals surface area contributed by atoms with Gasteiger partial charge in [0, 0.05) is 19.6 Å². The summed E-state index contributed by atoms with van der Waals surface area (Å²) in [5, 5.41) is 7.18. The van der Waals surface area contributed by atoms with Gasteiger partial charge >= 0.3 is 0 Å². The van der Waals surface area contributed by atoms with E-state index in [1.54, 1.807) is 20.5 Å². The van der Waals surface area contributed by atoms with Crippen LogP contribution in [0, 0.1) is 0 Å². The van der Waals surface area contributed by atoms with Crippen LogP contribution in [0.3, 0.4) is 0 Å². The van der Waals surface area contributed by atoms with Crippen molar-refractivity contribution in [2.24, 2.45) is 0 Å². The van der Waals surface area contributed by atoms with Crippen molar-refractivity contribution in [1.82, 2.24) is 14.8 Å². The van der Waals surface area contributed by atoms with E-state index in [2.05, 4.69) is 62.3 Å². The summed E-state index contributed by atoms with van der Waals surface area (Å²) in [5.74, 6) is 2.48. The van der Waals surface area contributed by atoms with Crippen molar-refractivity contribution < 1.29 is 9.47 Å². The maximum absolute atomic E-state index is 5.54. The van der Waals surface area contributed by atoms with Crippen molar-refractivity contribution >= 4 is 21.3 Å². The molecule has 0 aliphatic carbocycles. The molecule has 0 bridgehead atoms. The Morgan fingerprint density at radius 1 is 0.912 bits per heavy atom. The maximum Gasteiger partial charge on any atom is 0.163 e. The molecule has 0 N–H and O–H groups in total. The normalized spacial score (nSPS) is 14.4. The van der Waals surface area contributed by atoms with Crippen LogP contribution < -0.4 is 19.3 Å². The molecular weight excluding hydrogens is 446 g/mol. The van der Waals surface area contributed by atoms with Gasteiger partial charge in [0.1, 0.15) is 18.0 Å². The molecular formula is C26H27N5O2S. The Morgan fingerprint density at radius 3 is 2.56 bits per heavy atom. The molecule has 0 amide bonds. The Labute approximate surface area is 203 Å². The van der Waals surface area contributed by atoms with Gasteiger partial charge in [-0.1, -0.05) is 47.7 Å². The van der Waals surface area contributed by atoms with Gasteiger partial charge in [-0.05, 0) is 41.7 Å². The van der Waals surface area contributed by atoms with E-state index in [1.165, 1.54) is 32.3 Å². The van der Waals surface area contributed by atoms with Crippen LogP contribution in [0.1, 0.15) is 23.1 Å². The molecule has 8 heteroatoms. The van der Waals surface area contributed by atoms with E-state index in [4.69, 9.17) is 9.47 Å². The minimum absolute atomic E-state index is 0.675. The summed E-state index contributed by atoms with van der Waals surface area (Å²) in [4.78, 5) is 9.59. The molecule has 6 rings (SSSR count). The second-order valence-electron chi connectivity index (χ2n) is 8.69. The van der Waals surface area contributed by atoms with Crippen LogP contribution in [-0.4, -0.2) is 35.5 Å². The molecule has 2 aromatic heterocycles. The molecule has 4 heterocycles. The average molecular weight is 474 g/mol. The van der Waals surface area contributed by atoms with Gasteiger partial charge in [0.2, 0.25) is 0 Å². The number of nitrogens with zero attached hydrogens (tertiary/aromatic N) is 5. The minimum atomic E-state index is 0.675. The van der Waals surface area contributed by atoms with Gasteiger partial charge in [-0.15, -0.1) is 0 Å². The molecule has 7 nitrogen and oxygen atoms in total. The third kappa shape index (κ3) is 3.58. The molecule has 0 spiro atoms. The molecule has 2 aliphatic heterocycles. The summed E-state index contributed by atoms with van der Waals surface area (Å²) in [5.41, 5.74) is 5.17. The highest BCUT2D eigenvalue weighted by Crippen LogP contribution is 2.51. The molecule has 4 aromatic rings. The van der Waals surface area contributed by atoms with E-state index in [-0.39, 0.29) is 0 Å². The molecule has 0 unspecified atom stereocenters. The smallest absolute Gasteiger partial charge is 0.163 e. The van der Waals surface area contributed by atoms with Crippen LogP contribution in [0.5, 0.6) is 11.5 Å². The number of fused-ring (bicyclic) bond motifs is 5. The summed E-state index contributed by atoms with van der Waals surface area (Å²) < 4.78 is 13.0. The van der Waals surface area contributed by atoms with Crippen molar-refractivity contribution in [3.63, 3.8) is 0 Å². The number of aromatic nitrogens is 3. The largest absolute Gasteiger partial charge is 0.493 e. The van der Waals surface area contributed by atoms with Crippen LogP contribution >= 0.6 is 11.3 Å². The van der Waals surface area contributed by atoms with E-state index in [0.29, 0.717) is 6.67 Å². The lowest BCUT2D eigenvalue weighted by Gasteiger charge is -2.30. The van der Waals surface area contributed by atoms with Crippen LogP contribution in [-0.2, 0) is 26.2 Å². The number of rotatable bonds is 6. The lowest BCUT2D eigenvalue weighted by Crippen LogP contribution is -2.30. The van der Waals surface area contributed by atoms with E-state index in [0.717, 1.165) is 49.8 Å². The first-order valence-electron chi connectivity index (χ1n) is 11.5. The second kappa shape index (κ2) is 8.68. The quantitative estimate of drug-likeness (QED) is 0.395. The molecule has 0 radical (unpaired) electrons. The molecule has 34 heavy (non-hydrogen) atoms. The number of benzene rings is 2. The Balaban J connectivity index is 1.38. The number of hydrogen-bond acceptors (Lipinski definition) is 7. The van der Waals surface area contributed by atoms with Crippen LogP contribution in [0.4, 0.5) is 10.0 Å². The molecule has 2 aromatic carbocycles. The van der Waals surface area contributed by atoms with Crippen molar-refractivity contribution in [3.8, 4) is 22.9 Å². The summed E-state index contributed by atoms with van der Waals surface area (Å²) in [6, 6.07) is 16.9. The van der Waals surface area contributed by atoms with E-state index < -0.39 is 0 Å².